The van der Waals surface area contributed by atoms with Gasteiger partial charge in [-0.05, 0) is 117 Å². The fraction of sp³-hybridized carbons (Fsp3) is 0.434. The second-order valence-corrected chi connectivity index (χ2v) is 16.0. The summed E-state index contributed by atoms with van der Waals surface area (Å²) in [5.74, 6) is 8.15. The van der Waals surface area contributed by atoms with Crippen LogP contribution in [0.2, 0.25) is 0 Å². The molecule has 2 aliphatic rings. The number of terminal acetylenes is 1. The summed E-state index contributed by atoms with van der Waals surface area (Å²) >= 11 is 3.08. The molecule has 0 bridgehead atoms. The first-order valence-electron chi connectivity index (χ1n) is 21.7. The van der Waals surface area contributed by atoms with Crippen LogP contribution in [0.15, 0.2) is 89.4 Å². The monoisotopic (exact) mass is 1030 g/mol. The van der Waals surface area contributed by atoms with Gasteiger partial charge in [-0.25, -0.2) is 8.78 Å². The van der Waals surface area contributed by atoms with Crippen LogP contribution in [0.1, 0.15) is 107 Å². The first-order chi connectivity index (χ1) is 29.1. The number of benzene rings is 4. The van der Waals surface area contributed by atoms with E-state index in [2.05, 4.69) is 117 Å². The molecule has 0 aromatic heterocycles. The predicted molar refractivity (Wildman–Crippen MR) is 260 cm³/mol. The maximum Gasteiger partial charge on any atom is 1.00 e. The summed E-state index contributed by atoms with van der Waals surface area (Å²) in [5, 5.41) is 8.30. The van der Waals surface area contributed by atoms with Gasteiger partial charge in [-0.15, -0.1) is 6.42 Å². The van der Waals surface area contributed by atoms with Crippen LogP contribution in [0.4, 0.5) is 20.2 Å². The Balaban J connectivity index is 0.000000930. The van der Waals surface area contributed by atoms with Crippen molar-refractivity contribution in [3.8, 4) is 30.3 Å². The fourth-order valence-corrected chi connectivity index (χ4v) is 6.88. The van der Waals surface area contributed by atoms with E-state index in [1.165, 1.54) is 101 Å². The van der Waals surface area contributed by atoms with Crippen LogP contribution in [0.25, 0.3) is 0 Å². The Morgan fingerprint density at radius 2 is 1.08 bits per heavy atom. The van der Waals surface area contributed by atoms with E-state index < -0.39 is 5.82 Å². The van der Waals surface area contributed by atoms with Crippen LogP contribution in [-0.2, 0) is 0 Å². The molecule has 2 aliphatic heterocycles. The number of hydrogen-bond acceptors (Lipinski definition) is 5. The molecule has 0 N–H and O–H groups in total. The molecule has 2 heterocycles. The van der Waals surface area contributed by atoms with Crippen molar-refractivity contribution in [2.24, 2.45) is 0 Å². The van der Waals surface area contributed by atoms with Crippen LogP contribution in [0, 0.1) is 61.0 Å². The van der Waals surface area contributed by atoms with Gasteiger partial charge in [0.25, 0.3) is 0 Å². The second-order valence-electron chi connectivity index (χ2n) is 15.1. The molecule has 2 saturated heterocycles. The molecule has 0 aliphatic carbocycles. The number of halogens is 4. The number of anilines is 2. The molecule has 10 heteroatoms. The second kappa shape index (κ2) is 35.0. The number of nitriles is 1. The Morgan fingerprint density at radius 3 is 1.48 bits per heavy atom. The number of aryl methyl sites for hydroxylation is 1. The van der Waals surface area contributed by atoms with E-state index >= 15 is 0 Å². The minimum atomic E-state index is -0.489. The first-order valence-corrected chi connectivity index (χ1v) is 22.5. The maximum atomic E-state index is 13.6. The van der Waals surface area contributed by atoms with Crippen LogP contribution in [0.3, 0.4) is 0 Å². The van der Waals surface area contributed by atoms with Crippen molar-refractivity contribution in [2.75, 3.05) is 75.2 Å². The summed E-state index contributed by atoms with van der Waals surface area (Å²) in [4.78, 5) is 10.1. The zero-order valence-electron chi connectivity index (χ0n) is 37.8. The van der Waals surface area contributed by atoms with E-state index in [4.69, 9.17) is 11.7 Å². The number of hydrogen-bond donors (Lipinski definition) is 0. The van der Waals surface area contributed by atoms with Gasteiger partial charge in [0.05, 0.1) is 5.56 Å². The number of piperazine rings is 2. The summed E-state index contributed by atoms with van der Waals surface area (Å²) < 4.78 is 26.8. The molecule has 336 valence electrons. The van der Waals surface area contributed by atoms with Gasteiger partial charge in [0.15, 0.2) is 0 Å². The Morgan fingerprint density at radius 1 is 0.635 bits per heavy atom. The molecule has 0 spiro atoms. The van der Waals surface area contributed by atoms with Gasteiger partial charge in [-0.2, -0.15) is 11.7 Å². The summed E-state index contributed by atoms with van der Waals surface area (Å²) in [7, 11) is 0. The minimum absolute atomic E-state index is 0. The topological polar surface area (TPSA) is 36.8 Å². The van der Waals surface area contributed by atoms with E-state index in [9.17, 15) is 8.78 Å². The average molecular weight is 1030 g/mol. The third kappa shape index (κ3) is 22.9. The van der Waals surface area contributed by atoms with E-state index in [-0.39, 0.29) is 61.6 Å². The van der Waals surface area contributed by atoms with Crippen molar-refractivity contribution >= 4 is 27.3 Å². The van der Waals surface area contributed by atoms with Crippen molar-refractivity contribution in [1.29, 1.82) is 5.26 Å². The fourth-order valence-electron chi connectivity index (χ4n) is 6.55. The maximum absolute atomic E-state index is 13.6. The zero-order chi connectivity index (χ0) is 43.5. The predicted octanol–water partition coefficient (Wildman–Crippen LogP) is 6.55. The van der Waals surface area contributed by atoms with Crippen LogP contribution < -0.4 is 52.6 Å². The van der Waals surface area contributed by atoms with Gasteiger partial charge in [0.1, 0.15) is 17.7 Å². The van der Waals surface area contributed by atoms with Crippen LogP contribution >= 0.6 is 15.9 Å². The van der Waals surface area contributed by atoms with Gasteiger partial charge in [0.2, 0.25) is 0 Å². The van der Waals surface area contributed by atoms with Crippen molar-refractivity contribution < 1.29 is 51.6 Å². The summed E-state index contributed by atoms with van der Waals surface area (Å²) in [6.45, 7) is 23.6. The van der Waals surface area contributed by atoms with E-state index in [1.807, 2.05) is 18.2 Å². The third-order valence-electron chi connectivity index (χ3n) is 10.5. The molecule has 2 fully saturated rings. The van der Waals surface area contributed by atoms with Gasteiger partial charge < -0.3 is 40.7 Å². The van der Waals surface area contributed by atoms with Gasteiger partial charge >= 0.3 is 18.9 Å². The van der Waals surface area contributed by atoms with Crippen molar-refractivity contribution in [3.63, 3.8) is 0 Å². The Hall–Kier alpha value is -3.32. The average Bonchev–Trinajstić information content (AvgIpc) is 3.28. The Labute approximate surface area is 418 Å². The summed E-state index contributed by atoms with van der Waals surface area (Å²) in [6, 6.07) is 27.9. The number of nitrogens with zero attached hydrogens (tertiary/aromatic N) is 5. The molecule has 5 nitrogen and oxygen atoms in total. The molecular formula is C53H69BrF2ILiN5-. The molecule has 0 unspecified atom stereocenters. The largest absolute Gasteiger partial charge is 1.00 e. The SMILES string of the molecule is C.C#Cc1ccc(N2CCN(CCCCC)CC2)cc1.CCCCCN1CCN(c2ccc(C#Cc3ccc(C)c(F)c3)cc2)CC1.N#Cc1ccc(Br)cc1F.[CH2-]CCC.[I-].[Li+]. The minimum Gasteiger partial charge on any atom is -1.00 e. The van der Waals surface area contributed by atoms with Crippen molar-refractivity contribution in [2.45, 2.75) is 86.5 Å². The molecule has 0 atom stereocenters. The Bertz CT molecular complexity index is 1970. The zero-order valence-corrected chi connectivity index (χ0v) is 41.6. The molecule has 6 rings (SSSR count). The Kier molecular flexibility index (Phi) is 33.2. The third-order valence-corrected chi connectivity index (χ3v) is 11.0. The summed E-state index contributed by atoms with van der Waals surface area (Å²) in [5.41, 5.74) is 5.90. The quantitative estimate of drug-likeness (QED) is 0.0561. The van der Waals surface area contributed by atoms with Gasteiger partial charge in [-0.3, -0.25) is 9.80 Å². The first kappa shape index (κ1) is 59.7. The van der Waals surface area contributed by atoms with E-state index in [0.717, 1.165) is 56.8 Å². The number of rotatable bonds is 11. The molecule has 4 aromatic carbocycles. The van der Waals surface area contributed by atoms with E-state index in [1.54, 1.807) is 25.1 Å². The van der Waals surface area contributed by atoms with Crippen molar-refractivity contribution in [1.82, 2.24) is 9.80 Å². The van der Waals surface area contributed by atoms with Gasteiger partial charge in [0, 0.05) is 84.9 Å². The molecule has 63 heavy (non-hydrogen) atoms. The van der Waals surface area contributed by atoms with E-state index in [0.29, 0.717) is 15.6 Å². The van der Waals surface area contributed by atoms with Gasteiger partial charge in [-0.1, -0.05) is 100 Å². The van der Waals surface area contributed by atoms with Crippen LogP contribution in [-0.4, -0.2) is 75.2 Å². The molecule has 4 aromatic rings. The smallest absolute Gasteiger partial charge is 1.00 e. The molecular weight excluding hydrogens is 958 g/mol. The molecule has 0 saturated carbocycles. The summed E-state index contributed by atoms with van der Waals surface area (Å²) in [6.07, 6.45) is 15.6. The van der Waals surface area contributed by atoms with Crippen LogP contribution in [0.5, 0.6) is 0 Å². The number of unbranched alkanes of at least 4 members (excludes halogenated alkanes) is 5. The molecule has 0 amide bonds. The standard InChI is InChI=1S/C24H29FN2.C17H24N2.C7H3BrFN.C4H9.CH4.HI.Li/c1-3-4-5-14-26-15-17-27(18-16-26)23-12-10-21(11-13-23)8-9-22-7-6-20(2)24(25)19-22;1-3-5-6-11-18-12-14-19(15-13-18)17-9-7-16(4-2)8-10-17;8-6-2-1-5(4-10)7(9)3-6;1-3-4-2;;;/h6-7,10-13,19H,3-5,14-18H2,1-2H3;2,7-10H,3,5-6,11-15H2,1H3;1-3H;1,3-4H2,2H3;1H4;1H;/q;;;-1;;;+1/p-1. The van der Waals surface area contributed by atoms with Crippen molar-refractivity contribution in [3.05, 3.63) is 136 Å². The molecule has 0 radical (unpaired) electrons. The normalized spacial score (nSPS) is 13.1.